The average Bonchev–Trinajstić information content (AvgIpc) is 3.29. The number of thioether (sulfide) groups is 1. The van der Waals surface area contributed by atoms with Gasteiger partial charge in [-0.2, -0.15) is 0 Å². The largest absolute Gasteiger partial charge is 0.467 e. The molecule has 7 heteroatoms. The van der Waals surface area contributed by atoms with E-state index in [4.69, 9.17) is 16.0 Å². The Bertz CT molecular complexity index is 930. The molecule has 0 radical (unpaired) electrons. The van der Waals surface area contributed by atoms with Crippen molar-refractivity contribution in [2.45, 2.75) is 17.5 Å². The van der Waals surface area contributed by atoms with E-state index in [0.29, 0.717) is 6.54 Å². The lowest BCUT2D eigenvalue weighted by Gasteiger charge is -2.03. The van der Waals surface area contributed by atoms with Gasteiger partial charge in [0, 0.05) is 20.7 Å². The number of rotatable bonds is 5. The van der Waals surface area contributed by atoms with E-state index in [1.807, 2.05) is 28.8 Å². The number of hydrogen-bond donors (Lipinski definition) is 0. The summed E-state index contributed by atoms with van der Waals surface area (Å²) in [5.74, 6) is 1.65. The second kappa shape index (κ2) is 6.39. The third-order valence-corrected chi connectivity index (χ3v) is 6.32. The van der Waals surface area contributed by atoms with E-state index in [-0.39, 0.29) is 0 Å². The predicted octanol–water partition coefficient (Wildman–Crippen LogP) is 5.08. The van der Waals surface area contributed by atoms with Gasteiger partial charge in [0.25, 0.3) is 0 Å². The Balaban J connectivity index is 1.52. The summed E-state index contributed by atoms with van der Waals surface area (Å²) < 4.78 is 8.57. The molecule has 0 aliphatic heterocycles. The highest BCUT2D eigenvalue weighted by Gasteiger charge is 2.13. The van der Waals surface area contributed by atoms with Crippen molar-refractivity contribution >= 4 is 44.8 Å². The van der Waals surface area contributed by atoms with Crippen LogP contribution in [0.4, 0.5) is 0 Å². The minimum absolute atomic E-state index is 0.627. The van der Waals surface area contributed by atoms with Gasteiger partial charge in [-0.3, -0.25) is 0 Å². The quantitative estimate of drug-likeness (QED) is 0.465. The van der Waals surface area contributed by atoms with Gasteiger partial charge in [0.2, 0.25) is 0 Å². The lowest BCUT2D eigenvalue weighted by atomic mass is 10.2. The first kappa shape index (κ1) is 14.8. The topological polar surface area (TPSA) is 43.9 Å². The van der Waals surface area contributed by atoms with Crippen molar-refractivity contribution in [1.82, 2.24) is 14.8 Å². The third-order valence-electron chi connectivity index (χ3n) is 3.42. The van der Waals surface area contributed by atoms with Crippen LogP contribution >= 0.6 is 34.7 Å². The van der Waals surface area contributed by atoms with Crippen LogP contribution in [-0.4, -0.2) is 14.8 Å². The highest BCUT2D eigenvalue weighted by atomic mass is 35.5. The van der Waals surface area contributed by atoms with Gasteiger partial charge in [0.1, 0.15) is 12.1 Å². The Morgan fingerprint density at radius 1 is 1.22 bits per heavy atom. The number of nitrogens with zero attached hydrogens (tertiary/aromatic N) is 3. The van der Waals surface area contributed by atoms with Gasteiger partial charge in [-0.1, -0.05) is 41.6 Å². The van der Waals surface area contributed by atoms with Gasteiger partial charge >= 0.3 is 0 Å². The molecule has 0 unspecified atom stereocenters. The zero-order chi connectivity index (χ0) is 15.6. The summed E-state index contributed by atoms with van der Waals surface area (Å²) in [5.41, 5.74) is 0. The summed E-state index contributed by atoms with van der Waals surface area (Å²) >= 11 is 9.85. The second-order valence-electron chi connectivity index (χ2n) is 4.94. The molecule has 3 aromatic heterocycles. The van der Waals surface area contributed by atoms with Crippen LogP contribution in [0.15, 0.2) is 58.6 Å². The highest BCUT2D eigenvalue weighted by molar-refractivity contribution is 7.98. The van der Waals surface area contributed by atoms with Gasteiger partial charge in [0.15, 0.2) is 5.16 Å². The van der Waals surface area contributed by atoms with Crippen molar-refractivity contribution in [3.63, 3.8) is 0 Å². The fourth-order valence-corrected chi connectivity index (χ4v) is 4.90. The van der Waals surface area contributed by atoms with E-state index < -0.39 is 0 Å². The molecule has 4 aromatic rings. The number of halogens is 1. The number of hydrogen-bond acceptors (Lipinski definition) is 5. The van der Waals surface area contributed by atoms with Crippen LogP contribution in [-0.2, 0) is 12.3 Å². The molecule has 0 atom stereocenters. The van der Waals surface area contributed by atoms with Crippen LogP contribution in [0.25, 0.3) is 10.1 Å². The maximum Gasteiger partial charge on any atom is 0.191 e. The Kier molecular flexibility index (Phi) is 4.11. The molecule has 3 heterocycles. The van der Waals surface area contributed by atoms with E-state index >= 15 is 0 Å². The molecule has 0 aliphatic rings. The van der Waals surface area contributed by atoms with Crippen molar-refractivity contribution < 1.29 is 4.42 Å². The van der Waals surface area contributed by atoms with Crippen LogP contribution < -0.4 is 0 Å². The molecule has 0 N–H and O–H groups in total. The molecule has 4 rings (SSSR count). The molecule has 0 saturated heterocycles. The molecule has 1 aromatic carbocycles. The Hall–Kier alpha value is -1.76. The van der Waals surface area contributed by atoms with Crippen LogP contribution in [0, 0.1) is 0 Å². The van der Waals surface area contributed by atoms with Crippen LogP contribution in [0.5, 0.6) is 0 Å². The van der Waals surface area contributed by atoms with Crippen molar-refractivity contribution in [2.75, 3.05) is 0 Å². The van der Waals surface area contributed by atoms with E-state index in [1.165, 1.54) is 4.70 Å². The number of aromatic nitrogens is 3. The first-order valence-corrected chi connectivity index (χ1v) is 9.18. The number of furan rings is 1. The number of benzene rings is 1. The minimum atomic E-state index is 0.627. The van der Waals surface area contributed by atoms with E-state index in [2.05, 4.69) is 22.3 Å². The molecule has 0 aliphatic carbocycles. The van der Waals surface area contributed by atoms with Crippen molar-refractivity contribution in [2.24, 2.45) is 0 Å². The summed E-state index contributed by atoms with van der Waals surface area (Å²) in [6, 6.07) is 12.0. The lowest BCUT2D eigenvalue weighted by molar-refractivity contribution is 0.484. The van der Waals surface area contributed by atoms with Crippen molar-refractivity contribution in [1.29, 1.82) is 0 Å². The zero-order valence-corrected chi connectivity index (χ0v) is 14.4. The molecule has 116 valence electrons. The number of thiophene rings is 1. The summed E-state index contributed by atoms with van der Waals surface area (Å²) in [4.78, 5) is 1.16. The molecule has 0 bridgehead atoms. The van der Waals surface area contributed by atoms with Crippen molar-refractivity contribution in [3.05, 3.63) is 64.6 Å². The van der Waals surface area contributed by atoms with E-state index in [1.54, 1.807) is 35.7 Å². The van der Waals surface area contributed by atoms with E-state index in [9.17, 15) is 0 Å². The molecule has 4 nitrogen and oxygen atoms in total. The van der Waals surface area contributed by atoms with Gasteiger partial charge in [-0.05, 0) is 18.2 Å². The van der Waals surface area contributed by atoms with Gasteiger partial charge in [-0.15, -0.1) is 21.5 Å². The smallest absolute Gasteiger partial charge is 0.191 e. The lowest BCUT2D eigenvalue weighted by Crippen LogP contribution is -1.99. The predicted molar refractivity (Wildman–Crippen MR) is 94.2 cm³/mol. The molecule has 0 fully saturated rings. The van der Waals surface area contributed by atoms with Gasteiger partial charge in [-0.25, -0.2) is 0 Å². The normalized spacial score (nSPS) is 11.3. The Morgan fingerprint density at radius 3 is 2.96 bits per heavy atom. The second-order valence-corrected chi connectivity index (χ2v) is 7.40. The van der Waals surface area contributed by atoms with Crippen molar-refractivity contribution in [3.8, 4) is 0 Å². The Labute approximate surface area is 146 Å². The van der Waals surface area contributed by atoms with Crippen LogP contribution in [0.1, 0.15) is 10.6 Å². The fraction of sp³-hybridized carbons (Fsp3) is 0.125. The third kappa shape index (κ3) is 3.02. The first-order chi connectivity index (χ1) is 11.3. The summed E-state index contributed by atoms with van der Waals surface area (Å²) in [5, 5.41) is 11.0. The average molecular weight is 362 g/mol. The SMILES string of the molecule is Clc1c(CSc2nncn2Cc2ccco2)sc2ccccc12. The van der Waals surface area contributed by atoms with E-state index in [0.717, 1.165) is 32.0 Å². The van der Waals surface area contributed by atoms with Gasteiger partial charge < -0.3 is 8.98 Å². The minimum Gasteiger partial charge on any atom is -0.467 e. The molecule has 0 spiro atoms. The standard InChI is InChI=1S/C16H12ClN3OS2/c17-15-12-5-1-2-6-13(12)23-14(15)9-22-16-19-18-10-20(16)8-11-4-3-7-21-11/h1-7,10H,8-9H2. The zero-order valence-electron chi connectivity index (χ0n) is 12.0. The maximum atomic E-state index is 6.49. The van der Waals surface area contributed by atoms with Gasteiger partial charge in [0.05, 0.1) is 17.8 Å². The monoisotopic (exact) mass is 361 g/mol. The molecular weight excluding hydrogens is 350 g/mol. The fourth-order valence-electron chi connectivity index (χ4n) is 2.32. The Morgan fingerprint density at radius 2 is 2.13 bits per heavy atom. The summed E-state index contributed by atoms with van der Waals surface area (Å²) in [7, 11) is 0. The number of fused-ring (bicyclic) bond motifs is 1. The molecule has 0 amide bonds. The summed E-state index contributed by atoms with van der Waals surface area (Å²) in [6.07, 6.45) is 3.39. The maximum absolute atomic E-state index is 6.49. The first-order valence-electron chi connectivity index (χ1n) is 7.00. The molecular formula is C16H12ClN3OS2. The van der Waals surface area contributed by atoms with Crippen LogP contribution in [0.3, 0.4) is 0 Å². The highest BCUT2D eigenvalue weighted by Crippen LogP contribution is 2.38. The molecule has 0 saturated carbocycles. The summed E-state index contributed by atoms with van der Waals surface area (Å²) in [6.45, 7) is 0.627. The van der Waals surface area contributed by atoms with Crippen LogP contribution in [0.2, 0.25) is 5.02 Å². The molecule has 23 heavy (non-hydrogen) atoms.